The first-order chi connectivity index (χ1) is 17.4. The van der Waals surface area contributed by atoms with Gasteiger partial charge in [-0.15, -0.1) is 11.8 Å². The van der Waals surface area contributed by atoms with Gasteiger partial charge >= 0.3 is 0 Å². The predicted octanol–water partition coefficient (Wildman–Crippen LogP) is 6.69. The Morgan fingerprint density at radius 1 is 0.972 bits per heavy atom. The molecule has 190 valence electrons. The molecule has 0 heterocycles. The molecule has 0 radical (unpaired) electrons. The SMILES string of the molecule is CC[C@@H](C)NC(=O)[C@@H](Cc1ccccc1)N(Cc1cccc(C)c1)C(=O)CCSc1ccc(Cl)cc1. The molecule has 6 heteroatoms. The number of halogens is 1. The fraction of sp³-hybridized carbons (Fsp3) is 0.333. The highest BCUT2D eigenvalue weighted by Crippen LogP contribution is 2.23. The van der Waals surface area contributed by atoms with E-state index < -0.39 is 6.04 Å². The van der Waals surface area contributed by atoms with Crippen molar-refractivity contribution in [3.05, 3.63) is 101 Å². The summed E-state index contributed by atoms with van der Waals surface area (Å²) in [5, 5.41) is 3.81. The molecule has 1 N–H and O–H groups in total. The van der Waals surface area contributed by atoms with Crippen LogP contribution in [0.25, 0.3) is 0 Å². The number of nitrogens with one attached hydrogen (secondary N) is 1. The lowest BCUT2D eigenvalue weighted by Gasteiger charge is -2.32. The van der Waals surface area contributed by atoms with Gasteiger partial charge in [0.15, 0.2) is 0 Å². The van der Waals surface area contributed by atoms with Gasteiger partial charge in [0.2, 0.25) is 11.8 Å². The van der Waals surface area contributed by atoms with Gasteiger partial charge in [0.25, 0.3) is 0 Å². The molecule has 3 aromatic carbocycles. The summed E-state index contributed by atoms with van der Waals surface area (Å²) in [4.78, 5) is 30.0. The highest BCUT2D eigenvalue weighted by molar-refractivity contribution is 7.99. The molecule has 0 bridgehead atoms. The average molecular weight is 523 g/mol. The molecule has 0 spiro atoms. The zero-order chi connectivity index (χ0) is 25.9. The Morgan fingerprint density at radius 2 is 1.67 bits per heavy atom. The summed E-state index contributed by atoms with van der Waals surface area (Å²) in [5.74, 6) is 0.480. The molecule has 0 saturated carbocycles. The standard InChI is InChI=1S/C30H35ClN2O2S/c1-4-23(3)32-30(35)28(20-24-10-6-5-7-11-24)33(21-25-12-8-9-22(2)19-25)29(34)17-18-36-27-15-13-26(31)14-16-27/h5-16,19,23,28H,4,17-18,20-21H2,1-3H3,(H,32,35)/t23-,28-/m1/s1. The molecule has 0 unspecified atom stereocenters. The summed E-state index contributed by atoms with van der Waals surface area (Å²) in [5.41, 5.74) is 3.17. The Hall–Kier alpha value is -2.76. The number of hydrogen-bond acceptors (Lipinski definition) is 3. The maximum Gasteiger partial charge on any atom is 0.243 e. The smallest absolute Gasteiger partial charge is 0.243 e. The minimum Gasteiger partial charge on any atom is -0.352 e. The molecular formula is C30H35ClN2O2S. The second kappa shape index (κ2) is 14.1. The second-order valence-electron chi connectivity index (χ2n) is 9.09. The Bertz CT molecular complexity index is 1120. The summed E-state index contributed by atoms with van der Waals surface area (Å²) < 4.78 is 0. The molecule has 3 rings (SSSR count). The number of benzene rings is 3. The maximum absolute atomic E-state index is 13.7. The highest BCUT2D eigenvalue weighted by atomic mass is 35.5. The van der Waals surface area contributed by atoms with E-state index in [-0.39, 0.29) is 17.9 Å². The molecule has 2 amide bonds. The molecule has 0 aliphatic rings. The summed E-state index contributed by atoms with van der Waals surface area (Å²) in [6.45, 7) is 6.46. The molecule has 0 fully saturated rings. The quantitative estimate of drug-likeness (QED) is 0.270. The lowest BCUT2D eigenvalue weighted by molar-refractivity contribution is -0.141. The van der Waals surface area contributed by atoms with E-state index in [0.717, 1.165) is 28.0 Å². The monoisotopic (exact) mass is 522 g/mol. The fourth-order valence-electron chi connectivity index (χ4n) is 3.93. The zero-order valence-electron chi connectivity index (χ0n) is 21.2. The van der Waals surface area contributed by atoms with E-state index in [4.69, 9.17) is 11.6 Å². The van der Waals surface area contributed by atoms with Crippen LogP contribution in [0.3, 0.4) is 0 Å². The van der Waals surface area contributed by atoms with Gasteiger partial charge in [-0.1, -0.05) is 78.7 Å². The topological polar surface area (TPSA) is 49.4 Å². The Balaban J connectivity index is 1.85. The van der Waals surface area contributed by atoms with Gasteiger partial charge in [0, 0.05) is 41.1 Å². The number of carbonyl (C=O) groups is 2. The van der Waals surface area contributed by atoms with Crippen molar-refractivity contribution in [3.63, 3.8) is 0 Å². The zero-order valence-corrected chi connectivity index (χ0v) is 22.8. The third-order valence-corrected chi connectivity index (χ3v) is 7.37. The number of rotatable bonds is 12. The van der Waals surface area contributed by atoms with Gasteiger partial charge < -0.3 is 10.2 Å². The number of hydrogen-bond donors (Lipinski definition) is 1. The van der Waals surface area contributed by atoms with Gasteiger partial charge in [-0.3, -0.25) is 9.59 Å². The molecule has 36 heavy (non-hydrogen) atoms. The summed E-state index contributed by atoms with van der Waals surface area (Å²) >= 11 is 7.61. The summed E-state index contributed by atoms with van der Waals surface area (Å²) in [7, 11) is 0. The van der Waals surface area contributed by atoms with Crippen molar-refractivity contribution in [2.45, 2.75) is 63.6 Å². The van der Waals surface area contributed by atoms with Crippen LogP contribution in [0.15, 0.2) is 83.8 Å². The largest absolute Gasteiger partial charge is 0.352 e. The minimum atomic E-state index is -0.602. The van der Waals surface area contributed by atoms with Crippen LogP contribution >= 0.6 is 23.4 Å². The van der Waals surface area contributed by atoms with Crippen LogP contribution in [0.2, 0.25) is 5.02 Å². The first-order valence-corrected chi connectivity index (χ1v) is 13.8. The second-order valence-corrected chi connectivity index (χ2v) is 10.7. The van der Waals surface area contributed by atoms with Gasteiger partial charge in [-0.25, -0.2) is 0 Å². The van der Waals surface area contributed by atoms with Crippen molar-refractivity contribution >= 4 is 35.2 Å². The first kappa shape index (κ1) is 27.8. The minimum absolute atomic E-state index is 0.0294. The van der Waals surface area contributed by atoms with E-state index >= 15 is 0 Å². The Kier molecular flexibility index (Phi) is 10.9. The number of amides is 2. The average Bonchev–Trinajstić information content (AvgIpc) is 2.87. The van der Waals surface area contributed by atoms with E-state index in [1.54, 1.807) is 16.7 Å². The number of aryl methyl sites for hydroxylation is 1. The van der Waals surface area contributed by atoms with E-state index in [1.165, 1.54) is 0 Å². The van der Waals surface area contributed by atoms with Crippen molar-refractivity contribution < 1.29 is 9.59 Å². The van der Waals surface area contributed by atoms with Crippen LogP contribution in [-0.2, 0) is 22.6 Å². The highest BCUT2D eigenvalue weighted by Gasteiger charge is 2.30. The van der Waals surface area contributed by atoms with Crippen molar-refractivity contribution in [3.8, 4) is 0 Å². The number of carbonyl (C=O) groups excluding carboxylic acids is 2. The lowest BCUT2D eigenvalue weighted by Crippen LogP contribution is -2.52. The molecule has 4 nitrogen and oxygen atoms in total. The van der Waals surface area contributed by atoms with Gasteiger partial charge in [-0.2, -0.15) is 0 Å². The molecule has 2 atom stereocenters. The van der Waals surface area contributed by atoms with Crippen molar-refractivity contribution in [1.82, 2.24) is 10.2 Å². The molecule has 3 aromatic rings. The van der Waals surface area contributed by atoms with E-state index in [9.17, 15) is 9.59 Å². The number of nitrogens with zero attached hydrogens (tertiary/aromatic N) is 1. The third kappa shape index (κ3) is 8.72. The Morgan fingerprint density at radius 3 is 2.33 bits per heavy atom. The van der Waals surface area contributed by atoms with Crippen LogP contribution in [-0.4, -0.2) is 34.6 Å². The van der Waals surface area contributed by atoms with E-state index in [1.807, 2.05) is 93.6 Å². The van der Waals surface area contributed by atoms with E-state index in [2.05, 4.69) is 11.4 Å². The Labute approximate surface area is 224 Å². The lowest BCUT2D eigenvalue weighted by atomic mass is 10.0. The molecule has 0 aromatic heterocycles. The van der Waals surface area contributed by atoms with Crippen molar-refractivity contribution in [1.29, 1.82) is 0 Å². The van der Waals surface area contributed by atoms with Crippen molar-refractivity contribution in [2.75, 3.05) is 5.75 Å². The van der Waals surface area contributed by atoms with Crippen LogP contribution in [0.1, 0.15) is 43.4 Å². The van der Waals surface area contributed by atoms with Gasteiger partial charge in [-0.05, 0) is 55.7 Å². The normalized spacial score (nSPS) is 12.6. The number of thioether (sulfide) groups is 1. The van der Waals surface area contributed by atoms with Gasteiger partial charge in [0.05, 0.1) is 0 Å². The van der Waals surface area contributed by atoms with Crippen LogP contribution in [0, 0.1) is 6.92 Å². The van der Waals surface area contributed by atoms with Gasteiger partial charge in [0.1, 0.15) is 6.04 Å². The summed E-state index contributed by atoms with van der Waals surface area (Å²) in [6, 6.07) is 25.1. The van der Waals surface area contributed by atoms with Crippen LogP contribution in [0.4, 0.5) is 0 Å². The molecule has 0 saturated heterocycles. The van der Waals surface area contributed by atoms with E-state index in [0.29, 0.717) is 30.2 Å². The molecule has 0 aliphatic heterocycles. The molecular weight excluding hydrogens is 488 g/mol. The molecule has 0 aliphatic carbocycles. The third-order valence-electron chi connectivity index (χ3n) is 6.11. The predicted molar refractivity (Wildman–Crippen MR) is 150 cm³/mol. The first-order valence-electron chi connectivity index (χ1n) is 12.4. The van der Waals surface area contributed by atoms with Crippen LogP contribution < -0.4 is 5.32 Å². The fourth-order valence-corrected chi connectivity index (χ4v) is 4.90. The van der Waals surface area contributed by atoms with Crippen molar-refractivity contribution in [2.24, 2.45) is 0 Å². The maximum atomic E-state index is 13.7. The summed E-state index contributed by atoms with van der Waals surface area (Å²) in [6.07, 6.45) is 1.62. The van der Waals surface area contributed by atoms with Crippen LogP contribution in [0.5, 0.6) is 0 Å².